The van der Waals surface area contributed by atoms with Gasteiger partial charge in [0.15, 0.2) is 11.7 Å². The van der Waals surface area contributed by atoms with Gasteiger partial charge in [-0.15, -0.1) is 0 Å². The van der Waals surface area contributed by atoms with E-state index in [0.717, 1.165) is 12.0 Å². The lowest BCUT2D eigenvalue weighted by molar-refractivity contribution is 0.513. The fourth-order valence-corrected chi connectivity index (χ4v) is 1.41. The number of benzene rings is 1. The molecule has 1 aromatic heterocycles. The van der Waals surface area contributed by atoms with E-state index >= 15 is 0 Å². The SMILES string of the molecule is CCc1ncc(-c2ccc(F)c(C)c2)o1. The van der Waals surface area contributed by atoms with Crippen LogP contribution in [0.15, 0.2) is 28.8 Å². The molecule has 0 spiro atoms. The third-order valence-corrected chi connectivity index (χ3v) is 2.30. The average Bonchev–Trinajstić information content (AvgIpc) is 2.70. The van der Waals surface area contributed by atoms with Crippen molar-refractivity contribution in [2.75, 3.05) is 0 Å². The van der Waals surface area contributed by atoms with E-state index in [4.69, 9.17) is 4.42 Å². The fourth-order valence-electron chi connectivity index (χ4n) is 1.41. The van der Waals surface area contributed by atoms with E-state index in [1.165, 1.54) is 6.07 Å². The first-order chi connectivity index (χ1) is 7.20. The first-order valence-corrected chi connectivity index (χ1v) is 4.92. The molecule has 0 saturated carbocycles. The maximum atomic E-state index is 13.0. The van der Waals surface area contributed by atoms with Crippen LogP contribution in [0.2, 0.25) is 0 Å². The van der Waals surface area contributed by atoms with E-state index in [1.807, 2.05) is 6.92 Å². The molecule has 0 bridgehead atoms. The van der Waals surface area contributed by atoms with E-state index in [9.17, 15) is 4.39 Å². The Hall–Kier alpha value is -1.64. The van der Waals surface area contributed by atoms with Gasteiger partial charge in [-0.25, -0.2) is 9.37 Å². The summed E-state index contributed by atoms with van der Waals surface area (Å²) in [7, 11) is 0. The summed E-state index contributed by atoms with van der Waals surface area (Å²) in [6.07, 6.45) is 2.44. The Balaban J connectivity index is 2.40. The van der Waals surface area contributed by atoms with Gasteiger partial charge in [-0.05, 0) is 30.7 Å². The highest BCUT2D eigenvalue weighted by molar-refractivity contribution is 5.57. The van der Waals surface area contributed by atoms with Crippen molar-refractivity contribution < 1.29 is 8.81 Å². The van der Waals surface area contributed by atoms with E-state index in [2.05, 4.69) is 4.98 Å². The first kappa shape index (κ1) is 9.90. The molecular weight excluding hydrogens is 193 g/mol. The van der Waals surface area contributed by atoms with Crippen molar-refractivity contribution in [3.8, 4) is 11.3 Å². The summed E-state index contributed by atoms with van der Waals surface area (Å²) in [6, 6.07) is 4.90. The number of aryl methyl sites for hydroxylation is 2. The van der Waals surface area contributed by atoms with Crippen LogP contribution in [0.25, 0.3) is 11.3 Å². The molecule has 1 aromatic carbocycles. The number of nitrogens with zero attached hydrogens (tertiary/aromatic N) is 1. The number of aromatic nitrogens is 1. The Morgan fingerprint density at radius 3 is 2.80 bits per heavy atom. The van der Waals surface area contributed by atoms with Gasteiger partial charge in [0.1, 0.15) is 5.82 Å². The van der Waals surface area contributed by atoms with Gasteiger partial charge in [0, 0.05) is 12.0 Å². The molecule has 0 radical (unpaired) electrons. The van der Waals surface area contributed by atoms with Gasteiger partial charge in [0.25, 0.3) is 0 Å². The van der Waals surface area contributed by atoms with Crippen LogP contribution in [0.4, 0.5) is 4.39 Å². The van der Waals surface area contributed by atoms with Crippen molar-refractivity contribution in [1.82, 2.24) is 4.98 Å². The summed E-state index contributed by atoms with van der Waals surface area (Å²) in [5.74, 6) is 1.19. The van der Waals surface area contributed by atoms with E-state index < -0.39 is 0 Å². The van der Waals surface area contributed by atoms with E-state index in [-0.39, 0.29) is 5.82 Å². The van der Waals surface area contributed by atoms with Gasteiger partial charge < -0.3 is 4.42 Å². The number of hydrogen-bond donors (Lipinski definition) is 0. The molecule has 15 heavy (non-hydrogen) atoms. The van der Waals surface area contributed by atoms with Gasteiger partial charge >= 0.3 is 0 Å². The quantitative estimate of drug-likeness (QED) is 0.751. The lowest BCUT2D eigenvalue weighted by Crippen LogP contribution is -1.82. The number of oxazole rings is 1. The number of halogens is 1. The maximum Gasteiger partial charge on any atom is 0.194 e. The molecule has 0 aliphatic carbocycles. The third-order valence-electron chi connectivity index (χ3n) is 2.30. The molecule has 0 saturated heterocycles. The first-order valence-electron chi connectivity index (χ1n) is 4.92. The van der Waals surface area contributed by atoms with Crippen molar-refractivity contribution in [1.29, 1.82) is 0 Å². The monoisotopic (exact) mass is 205 g/mol. The molecule has 2 nitrogen and oxygen atoms in total. The van der Waals surface area contributed by atoms with Crippen molar-refractivity contribution in [3.63, 3.8) is 0 Å². The van der Waals surface area contributed by atoms with E-state index in [1.54, 1.807) is 25.3 Å². The van der Waals surface area contributed by atoms with Crippen molar-refractivity contribution in [2.45, 2.75) is 20.3 Å². The molecule has 0 aliphatic rings. The zero-order valence-corrected chi connectivity index (χ0v) is 8.75. The lowest BCUT2D eigenvalue weighted by Gasteiger charge is -1.99. The number of rotatable bonds is 2. The van der Waals surface area contributed by atoms with Gasteiger partial charge in [0.2, 0.25) is 0 Å². The summed E-state index contributed by atoms with van der Waals surface area (Å²) in [5, 5.41) is 0. The summed E-state index contributed by atoms with van der Waals surface area (Å²) in [4.78, 5) is 4.10. The smallest absolute Gasteiger partial charge is 0.194 e. The second kappa shape index (κ2) is 3.85. The normalized spacial score (nSPS) is 10.6. The van der Waals surface area contributed by atoms with Crippen LogP contribution in [-0.2, 0) is 6.42 Å². The van der Waals surface area contributed by atoms with Crippen molar-refractivity contribution >= 4 is 0 Å². The van der Waals surface area contributed by atoms with Crippen LogP contribution in [-0.4, -0.2) is 4.98 Å². The average molecular weight is 205 g/mol. The molecule has 78 valence electrons. The summed E-state index contributed by atoms with van der Waals surface area (Å²) in [6.45, 7) is 3.71. The molecule has 0 atom stereocenters. The molecule has 2 aromatic rings. The van der Waals surface area contributed by atoms with Gasteiger partial charge in [0.05, 0.1) is 6.20 Å². The van der Waals surface area contributed by atoms with E-state index in [0.29, 0.717) is 17.2 Å². The Labute approximate surface area is 87.8 Å². The predicted octanol–water partition coefficient (Wildman–Crippen LogP) is 3.35. The minimum absolute atomic E-state index is 0.200. The molecule has 0 N–H and O–H groups in total. The third kappa shape index (κ3) is 1.91. The summed E-state index contributed by atoms with van der Waals surface area (Å²) in [5.41, 5.74) is 1.48. The molecule has 0 aliphatic heterocycles. The highest BCUT2D eigenvalue weighted by Crippen LogP contribution is 2.22. The van der Waals surface area contributed by atoms with Gasteiger partial charge in [-0.1, -0.05) is 6.92 Å². The lowest BCUT2D eigenvalue weighted by atomic mass is 10.1. The summed E-state index contributed by atoms with van der Waals surface area (Å²) < 4.78 is 18.5. The second-order valence-electron chi connectivity index (χ2n) is 3.44. The van der Waals surface area contributed by atoms with Crippen LogP contribution >= 0.6 is 0 Å². The Kier molecular flexibility index (Phi) is 2.54. The standard InChI is InChI=1S/C12H12FNO/c1-3-12-14-7-11(15-12)9-4-5-10(13)8(2)6-9/h4-7H,3H2,1-2H3. The minimum atomic E-state index is -0.200. The zero-order chi connectivity index (χ0) is 10.8. The summed E-state index contributed by atoms with van der Waals surface area (Å²) >= 11 is 0. The number of hydrogen-bond acceptors (Lipinski definition) is 2. The molecule has 0 unspecified atom stereocenters. The topological polar surface area (TPSA) is 26.0 Å². The van der Waals surface area contributed by atoms with Crippen LogP contribution in [0.1, 0.15) is 18.4 Å². The minimum Gasteiger partial charge on any atom is -0.441 e. The molecule has 0 fully saturated rings. The predicted molar refractivity (Wildman–Crippen MR) is 56.0 cm³/mol. The second-order valence-corrected chi connectivity index (χ2v) is 3.44. The highest BCUT2D eigenvalue weighted by Gasteiger charge is 2.06. The molecule has 1 heterocycles. The Bertz CT molecular complexity index is 476. The largest absolute Gasteiger partial charge is 0.441 e. The fraction of sp³-hybridized carbons (Fsp3) is 0.250. The van der Waals surface area contributed by atoms with Crippen LogP contribution in [0.3, 0.4) is 0 Å². The zero-order valence-electron chi connectivity index (χ0n) is 8.75. The molecule has 3 heteroatoms. The molecule has 0 amide bonds. The van der Waals surface area contributed by atoms with Gasteiger partial charge in [-0.3, -0.25) is 0 Å². The Morgan fingerprint density at radius 2 is 2.20 bits per heavy atom. The van der Waals surface area contributed by atoms with Crippen LogP contribution < -0.4 is 0 Å². The van der Waals surface area contributed by atoms with Gasteiger partial charge in [-0.2, -0.15) is 0 Å². The van der Waals surface area contributed by atoms with Crippen molar-refractivity contribution in [2.24, 2.45) is 0 Å². The van der Waals surface area contributed by atoms with Crippen molar-refractivity contribution in [3.05, 3.63) is 41.7 Å². The maximum absolute atomic E-state index is 13.0. The highest BCUT2D eigenvalue weighted by atomic mass is 19.1. The Morgan fingerprint density at radius 1 is 1.40 bits per heavy atom. The molecular formula is C12H12FNO. The van der Waals surface area contributed by atoms with Crippen LogP contribution in [0, 0.1) is 12.7 Å². The molecule has 2 rings (SSSR count). The van der Waals surface area contributed by atoms with Crippen LogP contribution in [0.5, 0.6) is 0 Å².